The maximum Gasteiger partial charge on any atom is 0.191 e. The van der Waals surface area contributed by atoms with E-state index >= 15 is 0 Å². The van der Waals surface area contributed by atoms with Crippen LogP contribution < -0.4 is 10.6 Å². The van der Waals surface area contributed by atoms with Crippen molar-refractivity contribution in [3.8, 4) is 0 Å². The number of rotatable bonds is 8. The Bertz CT molecular complexity index is 867. The summed E-state index contributed by atoms with van der Waals surface area (Å²) in [7, 11) is 0. The number of pyridine rings is 1. The number of hydrogen-bond acceptors (Lipinski definition) is 2. The van der Waals surface area contributed by atoms with Crippen LogP contribution >= 0.6 is 0 Å². The number of aliphatic imine (C=N–C) groups is 1. The van der Waals surface area contributed by atoms with Gasteiger partial charge in [-0.25, -0.2) is 4.98 Å². The van der Waals surface area contributed by atoms with Crippen molar-refractivity contribution in [3.05, 3.63) is 71.7 Å². The van der Waals surface area contributed by atoms with Gasteiger partial charge in [-0.3, -0.25) is 4.99 Å². The van der Waals surface area contributed by atoms with Gasteiger partial charge in [0.15, 0.2) is 5.96 Å². The SMILES string of the molecule is CCNC(=NCCCc1ccccc1)NCCc1cn2cccc(C)c2n1. The number of aromatic nitrogens is 2. The van der Waals surface area contributed by atoms with Gasteiger partial charge in [0.1, 0.15) is 5.65 Å². The Hall–Kier alpha value is -2.82. The molecule has 3 aromatic rings. The first-order valence-corrected chi connectivity index (χ1v) is 9.75. The maximum absolute atomic E-state index is 4.73. The smallest absolute Gasteiger partial charge is 0.191 e. The minimum Gasteiger partial charge on any atom is -0.357 e. The molecule has 0 saturated heterocycles. The van der Waals surface area contributed by atoms with Gasteiger partial charge in [0.25, 0.3) is 0 Å². The summed E-state index contributed by atoms with van der Waals surface area (Å²) in [5.74, 6) is 0.880. The van der Waals surface area contributed by atoms with Crippen LogP contribution in [0.4, 0.5) is 0 Å². The number of aryl methyl sites for hydroxylation is 2. The zero-order valence-electron chi connectivity index (χ0n) is 16.3. The van der Waals surface area contributed by atoms with E-state index in [0.29, 0.717) is 0 Å². The molecule has 0 aliphatic heterocycles. The standard InChI is InChI=1S/C22H29N5/c1-3-23-22(24-14-7-12-19-10-5-4-6-11-19)25-15-13-20-17-27-16-8-9-18(2)21(27)26-20/h4-6,8-11,16-17H,3,7,12-15H2,1-2H3,(H2,23,24,25). The van der Waals surface area contributed by atoms with Gasteiger partial charge in [-0.2, -0.15) is 0 Å². The fourth-order valence-corrected chi connectivity index (χ4v) is 3.09. The molecule has 1 aromatic carbocycles. The van der Waals surface area contributed by atoms with E-state index in [4.69, 9.17) is 4.98 Å². The molecule has 2 N–H and O–H groups in total. The molecular weight excluding hydrogens is 334 g/mol. The minimum absolute atomic E-state index is 0.813. The molecule has 0 aliphatic rings. The van der Waals surface area contributed by atoms with Gasteiger partial charge in [0.05, 0.1) is 5.69 Å². The van der Waals surface area contributed by atoms with Crippen LogP contribution in [0.1, 0.15) is 30.2 Å². The van der Waals surface area contributed by atoms with Crippen LogP contribution in [0.3, 0.4) is 0 Å². The summed E-state index contributed by atoms with van der Waals surface area (Å²) < 4.78 is 2.09. The summed E-state index contributed by atoms with van der Waals surface area (Å²) in [6, 6.07) is 14.7. The van der Waals surface area contributed by atoms with E-state index < -0.39 is 0 Å². The first kappa shape index (κ1) is 19.0. The summed E-state index contributed by atoms with van der Waals surface area (Å²) in [5, 5.41) is 6.73. The Morgan fingerprint density at radius 1 is 1.07 bits per heavy atom. The fourth-order valence-electron chi connectivity index (χ4n) is 3.09. The number of hydrogen-bond donors (Lipinski definition) is 2. The molecule has 0 atom stereocenters. The Morgan fingerprint density at radius 2 is 1.93 bits per heavy atom. The summed E-state index contributed by atoms with van der Waals surface area (Å²) in [6.45, 7) is 6.67. The normalized spacial score (nSPS) is 11.7. The van der Waals surface area contributed by atoms with E-state index in [1.807, 2.05) is 6.20 Å². The second kappa shape index (κ2) is 9.76. The van der Waals surface area contributed by atoms with Gasteiger partial charge < -0.3 is 15.0 Å². The number of nitrogens with zero attached hydrogens (tertiary/aromatic N) is 3. The lowest BCUT2D eigenvalue weighted by molar-refractivity contribution is 0.772. The van der Waals surface area contributed by atoms with E-state index in [1.54, 1.807) is 0 Å². The molecule has 3 rings (SSSR count). The summed E-state index contributed by atoms with van der Waals surface area (Å²) in [6.07, 6.45) is 7.13. The fraction of sp³-hybridized carbons (Fsp3) is 0.364. The predicted molar refractivity (Wildman–Crippen MR) is 112 cm³/mol. The van der Waals surface area contributed by atoms with Gasteiger partial charge >= 0.3 is 0 Å². The Morgan fingerprint density at radius 3 is 2.70 bits per heavy atom. The average molecular weight is 364 g/mol. The predicted octanol–water partition coefficient (Wildman–Crippen LogP) is 3.37. The zero-order chi connectivity index (χ0) is 18.9. The van der Waals surface area contributed by atoms with E-state index in [0.717, 1.165) is 56.2 Å². The van der Waals surface area contributed by atoms with E-state index in [1.165, 1.54) is 11.1 Å². The van der Waals surface area contributed by atoms with Crippen molar-refractivity contribution < 1.29 is 0 Å². The van der Waals surface area contributed by atoms with Crippen LogP contribution in [0.5, 0.6) is 0 Å². The highest BCUT2D eigenvalue weighted by atomic mass is 15.2. The lowest BCUT2D eigenvalue weighted by Gasteiger charge is -2.10. The molecule has 0 saturated carbocycles. The third-order valence-corrected chi connectivity index (χ3v) is 4.48. The Labute approximate surface area is 161 Å². The van der Waals surface area contributed by atoms with Crippen molar-refractivity contribution in [3.63, 3.8) is 0 Å². The van der Waals surface area contributed by atoms with Crippen LogP contribution in [0.2, 0.25) is 0 Å². The van der Waals surface area contributed by atoms with Crippen LogP contribution in [0.15, 0.2) is 59.9 Å². The molecular formula is C22H29N5. The van der Waals surface area contributed by atoms with Crippen LogP contribution in [-0.4, -0.2) is 35.0 Å². The molecule has 0 bridgehead atoms. The quantitative estimate of drug-likeness (QED) is 0.366. The van der Waals surface area contributed by atoms with Crippen molar-refractivity contribution in [1.29, 1.82) is 0 Å². The highest BCUT2D eigenvalue weighted by Gasteiger charge is 2.04. The van der Waals surface area contributed by atoms with Gasteiger partial charge in [-0.1, -0.05) is 36.4 Å². The first-order chi connectivity index (χ1) is 13.3. The molecule has 2 aromatic heterocycles. The topological polar surface area (TPSA) is 53.7 Å². The van der Waals surface area contributed by atoms with Crippen molar-refractivity contribution >= 4 is 11.6 Å². The molecule has 0 fully saturated rings. The van der Waals surface area contributed by atoms with E-state index in [2.05, 4.69) is 82.5 Å². The van der Waals surface area contributed by atoms with Crippen LogP contribution in [-0.2, 0) is 12.8 Å². The molecule has 2 heterocycles. The van der Waals surface area contributed by atoms with Gasteiger partial charge in [-0.15, -0.1) is 0 Å². The number of imidazole rings is 1. The number of benzene rings is 1. The lowest BCUT2D eigenvalue weighted by atomic mass is 10.1. The summed E-state index contributed by atoms with van der Waals surface area (Å²) in [4.78, 5) is 9.41. The zero-order valence-corrected chi connectivity index (χ0v) is 16.3. The third kappa shape index (κ3) is 5.58. The second-order valence-electron chi connectivity index (χ2n) is 6.68. The Kier molecular flexibility index (Phi) is 6.85. The van der Waals surface area contributed by atoms with Gasteiger partial charge in [0, 0.05) is 38.4 Å². The average Bonchev–Trinajstić information content (AvgIpc) is 3.10. The first-order valence-electron chi connectivity index (χ1n) is 9.75. The molecule has 0 unspecified atom stereocenters. The summed E-state index contributed by atoms with van der Waals surface area (Å²) in [5.41, 5.74) is 4.70. The van der Waals surface area contributed by atoms with Crippen LogP contribution in [0.25, 0.3) is 5.65 Å². The Balaban J connectivity index is 1.47. The van der Waals surface area contributed by atoms with E-state index in [9.17, 15) is 0 Å². The van der Waals surface area contributed by atoms with Gasteiger partial charge in [0.2, 0.25) is 0 Å². The largest absolute Gasteiger partial charge is 0.357 e. The van der Waals surface area contributed by atoms with Crippen LogP contribution in [0, 0.1) is 6.92 Å². The molecule has 27 heavy (non-hydrogen) atoms. The van der Waals surface area contributed by atoms with Gasteiger partial charge in [-0.05, 0) is 43.9 Å². The lowest BCUT2D eigenvalue weighted by Crippen LogP contribution is -2.38. The highest BCUT2D eigenvalue weighted by Crippen LogP contribution is 2.10. The third-order valence-electron chi connectivity index (χ3n) is 4.48. The highest BCUT2D eigenvalue weighted by molar-refractivity contribution is 5.79. The molecule has 142 valence electrons. The molecule has 0 aliphatic carbocycles. The molecule has 5 heteroatoms. The van der Waals surface area contributed by atoms with E-state index in [-0.39, 0.29) is 0 Å². The second-order valence-corrected chi connectivity index (χ2v) is 6.68. The monoisotopic (exact) mass is 363 g/mol. The number of nitrogens with one attached hydrogen (secondary N) is 2. The maximum atomic E-state index is 4.73. The summed E-state index contributed by atoms with van der Waals surface area (Å²) >= 11 is 0. The van der Waals surface area contributed by atoms with Crippen molar-refractivity contribution in [1.82, 2.24) is 20.0 Å². The number of fused-ring (bicyclic) bond motifs is 1. The van der Waals surface area contributed by atoms with Crippen molar-refractivity contribution in [2.24, 2.45) is 4.99 Å². The van der Waals surface area contributed by atoms with Crippen molar-refractivity contribution in [2.45, 2.75) is 33.1 Å². The molecule has 5 nitrogen and oxygen atoms in total. The molecule has 0 radical (unpaired) electrons. The number of guanidine groups is 1. The van der Waals surface area contributed by atoms with Crippen molar-refractivity contribution in [2.75, 3.05) is 19.6 Å². The molecule has 0 spiro atoms. The molecule has 0 amide bonds. The minimum atomic E-state index is 0.813.